The van der Waals surface area contributed by atoms with Crippen LogP contribution in [0, 0.1) is 0 Å². The molecule has 140 valence electrons. The lowest BCUT2D eigenvalue weighted by atomic mass is 10.1. The Hall–Kier alpha value is -2.23. The topological polar surface area (TPSA) is 102 Å². The maximum atomic E-state index is 12.9. The Morgan fingerprint density at radius 1 is 1.42 bits per heavy atom. The van der Waals surface area contributed by atoms with E-state index in [2.05, 4.69) is 10.5 Å². The van der Waals surface area contributed by atoms with Crippen LogP contribution in [0.2, 0.25) is 0 Å². The standard InChI is InChI=1S/C17H21N3O5S/c1-24-15-5-3-8-20(12-15)26(22,23)16-6-2-4-13(10-16)17(21)18-11-14-7-9-25-19-14/h2,4,6-7,9-10,15H,3,5,8,11-12H2,1H3,(H,18,21)/t15-/m0/s1. The van der Waals surface area contributed by atoms with Crippen molar-refractivity contribution in [3.8, 4) is 0 Å². The van der Waals surface area contributed by atoms with Crippen LogP contribution in [-0.2, 0) is 21.3 Å². The van der Waals surface area contributed by atoms with E-state index in [1.807, 2.05) is 0 Å². The maximum Gasteiger partial charge on any atom is 0.251 e. The summed E-state index contributed by atoms with van der Waals surface area (Å²) < 4.78 is 37.2. The number of sulfonamides is 1. The van der Waals surface area contributed by atoms with Gasteiger partial charge in [0.15, 0.2) is 0 Å². The van der Waals surface area contributed by atoms with Gasteiger partial charge >= 0.3 is 0 Å². The molecule has 0 spiro atoms. The van der Waals surface area contributed by atoms with Gasteiger partial charge in [0.05, 0.1) is 17.5 Å². The molecule has 1 saturated heterocycles. The SMILES string of the molecule is CO[C@H]1CCCN(S(=O)(=O)c2cccc(C(=O)NCc3ccon3)c2)C1. The van der Waals surface area contributed by atoms with Crippen molar-refractivity contribution in [2.75, 3.05) is 20.2 Å². The second kappa shape index (κ2) is 7.98. The second-order valence-electron chi connectivity index (χ2n) is 6.06. The van der Waals surface area contributed by atoms with Gasteiger partial charge in [0, 0.05) is 31.8 Å². The van der Waals surface area contributed by atoms with Gasteiger partial charge in [0.1, 0.15) is 12.0 Å². The van der Waals surface area contributed by atoms with Gasteiger partial charge < -0.3 is 14.6 Å². The number of nitrogens with zero attached hydrogens (tertiary/aromatic N) is 2. The Labute approximate surface area is 152 Å². The number of ether oxygens (including phenoxy) is 1. The van der Waals surface area contributed by atoms with Crippen molar-refractivity contribution in [3.63, 3.8) is 0 Å². The van der Waals surface area contributed by atoms with Crippen LogP contribution in [0.15, 0.2) is 46.0 Å². The van der Waals surface area contributed by atoms with Gasteiger partial charge in [-0.2, -0.15) is 4.31 Å². The van der Waals surface area contributed by atoms with Gasteiger partial charge in [-0.3, -0.25) is 4.79 Å². The molecule has 1 aliphatic rings. The van der Waals surface area contributed by atoms with Crippen LogP contribution in [-0.4, -0.2) is 50.1 Å². The van der Waals surface area contributed by atoms with E-state index in [9.17, 15) is 13.2 Å². The van der Waals surface area contributed by atoms with Crippen molar-refractivity contribution < 1.29 is 22.5 Å². The highest BCUT2D eigenvalue weighted by Crippen LogP contribution is 2.22. The summed E-state index contributed by atoms with van der Waals surface area (Å²) in [4.78, 5) is 12.4. The van der Waals surface area contributed by atoms with E-state index < -0.39 is 10.0 Å². The molecule has 9 heteroatoms. The summed E-state index contributed by atoms with van der Waals surface area (Å²) in [5, 5.41) is 6.40. The van der Waals surface area contributed by atoms with Crippen LogP contribution in [0.3, 0.4) is 0 Å². The third kappa shape index (κ3) is 4.12. The second-order valence-corrected chi connectivity index (χ2v) is 8.00. The first-order chi connectivity index (χ1) is 12.5. The lowest BCUT2D eigenvalue weighted by Crippen LogP contribution is -2.42. The summed E-state index contributed by atoms with van der Waals surface area (Å²) in [6.07, 6.45) is 2.90. The number of carbonyl (C=O) groups excluding carboxylic acids is 1. The third-order valence-electron chi connectivity index (χ3n) is 4.33. The van der Waals surface area contributed by atoms with Gasteiger partial charge in [0.25, 0.3) is 5.91 Å². The highest BCUT2D eigenvalue weighted by Gasteiger charge is 2.30. The highest BCUT2D eigenvalue weighted by atomic mass is 32.2. The summed E-state index contributed by atoms with van der Waals surface area (Å²) in [6, 6.07) is 7.68. The summed E-state index contributed by atoms with van der Waals surface area (Å²) >= 11 is 0. The van der Waals surface area contributed by atoms with Crippen molar-refractivity contribution in [3.05, 3.63) is 47.9 Å². The minimum Gasteiger partial charge on any atom is -0.380 e. The summed E-state index contributed by atoms with van der Waals surface area (Å²) in [6.45, 7) is 0.972. The molecule has 0 aliphatic carbocycles. The number of benzene rings is 1. The zero-order chi connectivity index (χ0) is 18.6. The number of rotatable bonds is 6. The molecule has 0 bridgehead atoms. The first-order valence-electron chi connectivity index (χ1n) is 8.31. The minimum atomic E-state index is -3.67. The summed E-state index contributed by atoms with van der Waals surface area (Å²) in [7, 11) is -2.09. The number of piperidine rings is 1. The molecule has 1 atom stereocenters. The normalized spacial score (nSPS) is 18.6. The number of hydrogen-bond donors (Lipinski definition) is 1. The van der Waals surface area contributed by atoms with Gasteiger partial charge in [0.2, 0.25) is 10.0 Å². The van der Waals surface area contributed by atoms with Crippen LogP contribution >= 0.6 is 0 Å². The van der Waals surface area contributed by atoms with Crippen molar-refractivity contribution in [1.82, 2.24) is 14.8 Å². The number of aromatic nitrogens is 1. The molecule has 26 heavy (non-hydrogen) atoms. The molecule has 1 aliphatic heterocycles. The molecular weight excluding hydrogens is 358 g/mol. The molecule has 3 rings (SSSR count). The van der Waals surface area contributed by atoms with Crippen molar-refractivity contribution in [1.29, 1.82) is 0 Å². The van der Waals surface area contributed by atoms with Gasteiger partial charge in [-0.15, -0.1) is 0 Å². The van der Waals surface area contributed by atoms with Gasteiger partial charge in [-0.25, -0.2) is 8.42 Å². The van der Waals surface area contributed by atoms with E-state index in [1.54, 1.807) is 25.3 Å². The van der Waals surface area contributed by atoms with E-state index in [4.69, 9.17) is 9.26 Å². The molecule has 0 radical (unpaired) electrons. The van der Waals surface area contributed by atoms with E-state index in [-0.39, 0.29) is 29.0 Å². The molecule has 1 N–H and O–H groups in total. The average molecular weight is 379 g/mol. The molecule has 2 aromatic rings. The fourth-order valence-corrected chi connectivity index (χ4v) is 4.42. The number of carbonyl (C=O) groups is 1. The van der Waals surface area contributed by atoms with Crippen LogP contribution in [0.4, 0.5) is 0 Å². The fraction of sp³-hybridized carbons (Fsp3) is 0.412. The molecule has 1 aromatic carbocycles. The Kier molecular flexibility index (Phi) is 5.70. The third-order valence-corrected chi connectivity index (χ3v) is 6.19. The monoisotopic (exact) mass is 379 g/mol. The van der Waals surface area contributed by atoms with E-state index in [1.165, 1.54) is 22.7 Å². The molecule has 0 saturated carbocycles. The number of methoxy groups -OCH3 is 1. The van der Waals surface area contributed by atoms with Crippen molar-refractivity contribution in [2.24, 2.45) is 0 Å². The van der Waals surface area contributed by atoms with E-state index in [0.29, 0.717) is 18.8 Å². The first-order valence-corrected chi connectivity index (χ1v) is 9.75. The van der Waals surface area contributed by atoms with Crippen LogP contribution < -0.4 is 5.32 Å². The number of amides is 1. The average Bonchev–Trinajstić information content (AvgIpc) is 3.20. The van der Waals surface area contributed by atoms with Crippen molar-refractivity contribution >= 4 is 15.9 Å². The number of nitrogens with one attached hydrogen (secondary N) is 1. The zero-order valence-corrected chi connectivity index (χ0v) is 15.2. The predicted molar refractivity (Wildman–Crippen MR) is 92.9 cm³/mol. The summed E-state index contributed by atoms with van der Waals surface area (Å²) in [5.74, 6) is -0.376. The molecule has 8 nitrogen and oxygen atoms in total. The molecule has 1 aromatic heterocycles. The van der Waals surface area contributed by atoms with Crippen LogP contribution in [0.1, 0.15) is 28.9 Å². The summed E-state index contributed by atoms with van der Waals surface area (Å²) in [5.41, 5.74) is 0.857. The predicted octanol–water partition coefficient (Wildman–Crippen LogP) is 1.40. The Morgan fingerprint density at radius 2 is 2.27 bits per heavy atom. The minimum absolute atomic E-state index is 0.100. The Bertz CT molecular complexity index is 851. The Balaban J connectivity index is 1.74. The molecule has 0 unspecified atom stereocenters. The number of hydrogen-bond acceptors (Lipinski definition) is 6. The lowest BCUT2D eigenvalue weighted by molar-refractivity contribution is 0.0572. The largest absolute Gasteiger partial charge is 0.380 e. The molecular formula is C17H21N3O5S. The highest BCUT2D eigenvalue weighted by molar-refractivity contribution is 7.89. The zero-order valence-electron chi connectivity index (χ0n) is 14.4. The molecule has 1 amide bonds. The van der Waals surface area contributed by atoms with E-state index in [0.717, 1.165) is 12.8 Å². The van der Waals surface area contributed by atoms with Gasteiger partial charge in [-0.05, 0) is 31.0 Å². The molecule has 1 fully saturated rings. The van der Waals surface area contributed by atoms with Crippen LogP contribution in [0.25, 0.3) is 0 Å². The fourth-order valence-electron chi connectivity index (χ4n) is 2.86. The quantitative estimate of drug-likeness (QED) is 0.814. The lowest BCUT2D eigenvalue weighted by Gasteiger charge is -2.31. The Morgan fingerprint density at radius 3 is 3.00 bits per heavy atom. The smallest absolute Gasteiger partial charge is 0.251 e. The van der Waals surface area contributed by atoms with Crippen LogP contribution in [0.5, 0.6) is 0 Å². The first kappa shape index (κ1) is 18.6. The van der Waals surface area contributed by atoms with Gasteiger partial charge in [-0.1, -0.05) is 11.2 Å². The van der Waals surface area contributed by atoms with E-state index >= 15 is 0 Å². The molecule has 2 heterocycles. The maximum absolute atomic E-state index is 12.9. The van der Waals surface area contributed by atoms with Crippen molar-refractivity contribution in [2.45, 2.75) is 30.4 Å².